The van der Waals surface area contributed by atoms with Gasteiger partial charge in [-0.25, -0.2) is 4.98 Å². The maximum Gasteiger partial charge on any atom is 0.291 e. The molecular formula is C15H14BrN5O. The number of anilines is 1. The summed E-state index contributed by atoms with van der Waals surface area (Å²) in [6.07, 6.45) is 0.854. The quantitative estimate of drug-likeness (QED) is 0.858. The number of nitrogens with one attached hydrogen (secondary N) is 2. The fourth-order valence-electron chi connectivity index (χ4n) is 2.58. The van der Waals surface area contributed by atoms with Crippen molar-refractivity contribution in [1.82, 2.24) is 14.9 Å². The van der Waals surface area contributed by atoms with Crippen molar-refractivity contribution >= 4 is 27.5 Å². The molecule has 0 bridgehead atoms. The number of carbonyl (C=O) groups excluding carboxylic acids is 1. The SMILES string of the molecule is Cn1c(C(=O)Nc2cccc(Br)c2C#N)nc2c1CCNC2. The lowest BCUT2D eigenvalue weighted by Crippen LogP contribution is -2.24. The lowest BCUT2D eigenvalue weighted by molar-refractivity contribution is 0.101. The molecule has 1 aromatic heterocycles. The Bertz CT molecular complexity index is 790. The van der Waals surface area contributed by atoms with Crippen LogP contribution >= 0.6 is 15.9 Å². The fraction of sp³-hybridized carbons (Fsp3) is 0.267. The van der Waals surface area contributed by atoms with E-state index in [0.29, 0.717) is 28.1 Å². The predicted molar refractivity (Wildman–Crippen MR) is 85.4 cm³/mol. The summed E-state index contributed by atoms with van der Waals surface area (Å²) >= 11 is 3.31. The molecule has 0 radical (unpaired) electrons. The third kappa shape index (κ3) is 2.51. The smallest absolute Gasteiger partial charge is 0.291 e. The normalized spacial score (nSPS) is 13.3. The number of nitriles is 1. The van der Waals surface area contributed by atoms with Crippen LogP contribution in [0.25, 0.3) is 0 Å². The maximum atomic E-state index is 12.5. The number of amides is 1. The van der Waals surface area contributed by atoms with Gasteiger partial charge in [0.1, 0.15) is 6.07 Å². The van der Waals surface area contributed by atoms with Gasteiger partial charge in [-0.15, -0.1) is 0 Å². The molecule has 2 N–H and O–H groups in total. The Morgan fingerprint density at radius 1 is 1.55 bits per heavy atom. The van der Waals surface area contributed by atoms with Gasteiger partial charge in [-0.3, -0.25) is 4.79 Å². The molecule has 0 spiro atoms. The summed E-state index contributed by atoms with van der Waals surface area (Å²) in [5.74, 6) is 0.0454. The molecule has 2 heterocycles. The number of hydrogen-bond donors (Lipinski definition) is 2. The largest absolute Gasteiger partial charge is 0.327 e. The van der Waals surface area contributed by atoms with Gasteiger partial charge in [0.15, 0.2) is 5.82 Å². The molecule has 1 aromatic carbocycles. The molecule has 0 atom stereocenters. The highest BCUT2D eigenvalue weighted by Gasteiger charge is 2.22. The van der Waals surface area contributed by atoms with Crippen molar-refractivity contribution in [2.24, 2.45) is 7.05 Å². The fourth-order valence-corrected chi connectivity index (χ4v) is 3.03. The van der Waals surface area contributed by atoms with Crippen molar-refractivity contribution in [3.63, 3.8) is 0 Å². The molecule has 22 heavy (non-hydrogen) atoms. The predicted octanol–water partition coefficient (Wildman–Crippen LogP) is 1.95. The molecule has 112 valence electrons. The summed E-state index contributed by atoms with van der Waals surface area (Å²) in [4.78, 5) is 16.9. The van der Waals surface area contributed by atoms with Crippen LogP contribution < -0.4 is 10.6 Å². The number of benzene rings is 1. The summed E-state index contributed by atoms with van der Waals surface area (Å²) in [6.45, 7) is 1.56. The second-order valence-corrected chi connectivity index (χ2v) is 5.90. The molecule has 3 rings (SSSR count). The molecule has 7 heteroatoms. The third-order valence-electron chi connectivity index (χ3n) is 3.70. The average Bonchev–Trinajstić information content (AvgIpc) is 2.85. The standard InChI is InChI=1S/C15H14BrN5O/c1-21-13-5-6-18-8-12(13)19-14(21)15(22)20-11-4-2-3-10(16)9(11)7-17/h2-4,18H,5-6,8H2,1H3,(H,20,22). The van der Waals surface area contributed by atoms with E-state index < -0.39 is 0 Å². The van der Waals surface area contributed by atoms with Crippen molar-refractivity contribution in [3.8, 4) is 6.07 Å². The Morgan fingerprint density at radius 3 is 3.09 bits per heavy atom. The van der Waals surface area contributed by atoms with Crippen LogP contribution in [-0.4, -0.2) is 22.0 Å². The minimum atomic E-state index is -0.313. The number of aromatic nitrogens is 2. The van der Waals surface area contributed by atoms with Gasteiger partial charge in [-0.05, 0) is 28.1 Å². The van der Waals surface area contributed by atoms with Crippen LogP contribution in [0.4, 0.5) is 5.69 Å². The van der Waals surface area contributed by atoms with Crippen molar-refractivity contribution in [2.45, 2.75) is 13.0 Å². The lowest BCUT2D eigenvalue weighted by atomic mass is 10.2. The molecule has 2 aromatic rings. The molecule has 6 nitrogen and oxygen atoms in total. The number of hydrogen-bond acceptors (Lipinski definition) is 4. The lowest BCUT2D eigenvalue weighted by Gasteiger charge is -2.13. The first-order chi connectivity index (χ1) is 10.6. The van der Waals surface area contributed by atoms with E-state index in [-0.39, 0.29) is 5.91 Å². The molecule has 1 aliphatic heterocycles. The van der Waals surface area contributed by atoms with Crippen molar-refractivity contribution in [1.29, 1.82) is 5.26 Å². The first-order valence-corrected chi connectivity index (χ1v) is 7.66. The molecule has 0 unspecified atom stereocenters. The van der Waals surface area contributed by atoms with E-state index in [2.05, 4.69) is 37.6 Å². The highest BCUT2D eigenvalue weighted by molar-refractivity contribution is 9.10. The molecule has 0 fully saturated rings. The third-order valence-corrected chi connectivity index (χ3v) is 4.37. The highest BCUT2D eigenvalue weighted by Crippen LogP contribution is 2.24. The van der Waals surface area contributed by atoms with Gasteiger partial charge in [0, 0.05) is 36.7 Å². The molecule has 0 saturated heterocycles. The summed E-state index contributed by atoms with van der Waals surface area (Å²) in [5, 5.41) is 15.2. The molecule has 0 aliphatic carbocycles. The van der Waals surface area contributed by atoms with Gasteiger partial charge in [0.25, 0.3) is 5.91 Å². The zero-order chi connectivity index (χ0) is 15.7. The second-order valence-electron chi connectivity index (χ2n) is 5.04. The Kier molecular flexibility index (Phi) is 3.96. The number of nitrogens with zero attached hydrogens (tertiary/aromatic N) is 3. The van der Waals surface area contributed by atoms with Crippen LogP contribution in [-0.2, 0) is 20.0 Å². The zero-order valence-corrected chi connectivity index (χ0v) is 13.6. The van der Waals surface area contributed by atoms with Gasteiger partial charge in [0.05, 0.1) is 16.9 Å². The van der Waals surface area contributed by atoms with E-state index in [9.17, 15) is 10.1 Å². The minimum Gasteiger partial charge on any atom is -0.327 e. The number of carbonyl (C=O) groups is 1. The van der Waals surface area contributed by atoms with Gasteiger partial charge in [-0.1, -0.05) is 6.07 Å². The first-order valence-electron chi connectivity index (χ1n) is 6.87. The molecular weight excluding hydrogens is 346 g/mol. The summed E-state index contributed by atoms with van der Waals surface area (Å²) in [7, 11) is 1.85. The summed E-state index contributed by atoms with van der Waals surface area (Å²) in [6, 6.07) is 7.32. The van der Waals surface area contributed by atoms with Crippen LogP contribution in [0.5, 0.6) is 0 Å². The van der Waals surface area contributed by atoms with E-state index in [4.69, 9.17) is 0 Å². The van der Waals surface area contributed by atoms with Crippen LogP contribution in [0.3, 0.4) is 0 Å². The average molecular weight is 360 g/mol. The summed E-state index contributed by atoms with van der Waals surface area (Å²) in [5.41, 5.74) is 2.87. The van der Waals surface area contributed by atoms with E-state index in [1.54, 1.807) is 18.2 Å². The van der Waals surface area contributed by atoms with E-state index in [0.717, 1.165) is 24.4 Å². The Labute approximate surface area is 136 Å². The van der Waals surface area contributed by atoms with Gasteiger partial charge in [0.2, 0.25) is 0 Å². The first kappa shape index (κ1) is 14.8. The highest BCUT2D eigenvalue weighted by atomic mass is 79.9. The molecule has 1 amide bonds. The van der Waals surface area contributed by atoms with Gasteiger partial charge in [-0.2, -0.15) is 5.26 Å². The summed E-state index contributed by atoms with van der Waals surface area (Å²) < 4.78 is 2.48. The van der Waals surface area contributed by atoms with Crippen LogP contribution in [0.15, 0.2) is 22.7 Å². The monoisotopic (exact) mass is 359 g/mol. The number of imidazole rings is 1. The Morgan fingerprint density at radius 2 is 2.36 bits per heavy atom. The molecule has 0 saturated carbocycles. The van der Waals surface area contributed by atoms with Crippen molar-refractivity contribution in [3.05, 3.63) is 45.4 Å². The number of fused-ring (bicyclic) bond motifs is 1. The van der Waals surface area contributed by atoms with Crippen LogP contribution in [0.2, 0.25) is 0 Å². The maximum absolute atomic E-state index is 12.5. The Hall–Kier alpha value is -2.17. The zero-order valence-electron chi connectivity index (χ0n) is 12.0. The second kappa shape index (κ2) is 5.91. The van der Waals surface area contributed by atoms with E-state index in [1.807, 2.05) is 11.6 Å². The number of rotatable bonds is 2. The number of halogens is 1. The van der Waals surface area contributed by atoms with Gasteiger partial charge >= 0.3 is 0 Å². The van der Waals surface area contributed by atoms with Crippen LogP contribution in [0.1, 0.15) is 27.6 Å². The Balaban J connectivity index is 1.92. The minimum absolute atomic E-state index is 0.313. The van der Waals surface area contributed by atoms with E-state index >= 15 is 0 Å². The molecule has 1 aliphatic rings. The van der Waals surface area contributed by atoms with E-state index in [1.165, 1.54) is 0 Å². The topological polar surface area (TPSA) is 82.7 Å². The van der Waals surface area contributed by atoms with Crippen LogP contribution in [0, 0.1) is 11.3 Å². The van der Waals surface area contributed by atoms with Crippen molar-refractivity contribution in [2.75, 3.05) is 11.9 Å². The van der Waals surface area contributed by atoms with Gasteiger partial charge < -0.3 is 15.2 Å². The van der Waals surface area contributed by atoms with Crippen molar-refractivity contribution < 1.29 is 4.79 Å².